The van der Waals surface area contributed by atoms with E-state index in [0.29, 0.717) is 0 Å². The number of rotatable bonds is 1. The second-order valence-electron chi connectivity index (χ2n) is 2.51. The maximum Gasteiger partial charge on any atom is 0.574 e. The van der Waals surface area contributed by atoms with Gasteiger partial charge in [0.1, 0.15) is 0 Å². The molecule has 0 saturated carbocycles. The van der Waals surface area contributed by atoms with Gasteiger partial charge >= 0.3 is 6.36 Å². The highest BCUT2D eigenvalue weighted by atomic mass is 19.4. The van der Waals surface area contributed by atoms with Gasteiger partial charge in [0.25, 0.3) is 0 Å². The molecule has 3 nitrogen and oxygen atoms in total. The second-order valence-corrected chi connectivity index (χ2v) is 2.51. The molecule has 1 aromatic rings. The Kier molecular flexibility index (Phi) is 2.50. The number of halogens is 4. The Hall–Kier alpha value is -1.53. The summed E-state index contributed by atoms with van der Waals surface area (Å²) in [6, 6.07) is 0.818. The number of hydrogen-bond donors (Lipinski definition) is 1. The monoisotopic (exact) mass is 210 g/mol. The smallest absolute Gasteiger partial charge is 0.398 e. The first-order chi connectivity index (χ1) is 6.29. The van der Waals surface area contributed by atoms with Crippen molar-refractivity contribution in [3.8, 4) is 5.88 Å². The Morgan fingerprint density at radius 3 is 2.50 bits per heavy atom. The van der Waals surface area contributed by atoms with E-state index in [1.807, 2.05) is 0 Å². The lowest BCUT2D eigenvalue weighted by Crippen LogP contribution is -2.19. The molecule has 0 amide bonds. The van der Waals surface area contributed by atoms with Gasteiger partial charge in [0.2, 0.25) is 11.8 Å². The first-order valence-corrected chi connectivity index (χ1v) is 3.48. The lowest BCUT2D eigenvalue weighted by Gasteiger charge is -2.11. The normalized spacial score (nSPS) is 11.5. The van der Waals surface area contributed by atoms with E-state index in [4.69, 9.17) is 5.73 Å². The Labute approximate surface area is 76.5 Å². The van der Waals surface area contributed by atoms with Gasteiger partial charge in [-0.2, -0.15) is 9.37 Å². The van der Waals surface area contributed by atoms with Gasteiger partial charge in [-0.1, -0.05) is 0 Å². The summed E-state index contributed by atoms with van der Waals surface area (Å²) >= 11 is 0. The third-order valence-corrected chi connectivity index (χ3v) is 1.45. The van der Waals surface area contributed by atoms with E-state index in [9.17, 15) is 17.6 Å². The first-order valence-electron chi connectivity index (χ1n) is 3.48. The van der Waals surface area contributed by atoms with Gasteiger partial charge in [0, 0.05) is 17.3 Å². The molecule has 78 valence electrons. The summed E-state index contributed by atoms with van der Waals surface area (Å²) in [6.07, 6.45) is -4.90. The summed E-state index contributed by atoms with van der Waals surface area (Å²) in [4.78, 5) is 2.93. The molecule has 1 heterocycles. The molecule has 2 N–H and O–H groups in total. The molecule has 0 atom stereocenters. The third kappa shape index (κ3) is 2.48. The molecular weight excluding hydrogens is 204 g/mol. The van der Waals surface area contributed by atoms with Crippen LogP contribution in [0.5, 0.6) is 5.88 Å². The topological polar surface area (TPSA) is 48.1 Å². The molecule has 0 aromatic carbocycles. The van der Waals surface area contributed by atoms with Crippen molar-refractivity contribution in [2.45, 2.75) is 13.3 Å². The zero-order chi connectivity index (χ0) is 10.9. The van der Waals surface area contributed by atoms with Gasteiger partial charge < -0.3 is 10.5 Å². The molecule has 0 aliphatic carbocycles. The summed E-state index contributed by atoms with van der Waals surface area (Å²) in [5.41, 5.74) is 5.02. The lowest BCUT2D eigenvalue weighted by molar-refractivity contribution is -0.276. The maximum absolute atomic E-state index is 12.5. The maximum atomic E-state index is 12.5. The van der Waals surface area contributed by atoms with Crippen molar-refractivity contribution in [1.82, 2.24) is 4.98 Å². The number of nitrogen functional groups attached to an aromatic ring is 1. The molecule has 14 heavy (non-hydrogen) atoms. The number of anilines is 1. The molecule has 0 aliphatic rings. The molecule has 1 rings (SSSR count). The SMILES string of the molecule is Cc1c(N)cc(F)nc1OC(F)(F)F. The Morgan fingerprint density at radius 2 is 2.00 bits per heavy atom. The lowest BCUT2D eigenvalue weighted by atomic mass is 10.2. The van der Waals surface area contributed by atoms with Gasteiger partial charge in [0.15, 0.2) is 0 Å². The Balaban J connectivity index is 3.09. The van der Waals surface area contributed by atoms with Crippen LogP contribution < -0.4 is 10.5 Å². The van der Waals surface area contributed by atoms with Gasteiger partial charge in [-0.05, 0) is 6.92 Å². The number of pyridine rings is 1. The zero-order valence-electron chi connectivity index (χ0n) is 7.02. The number of aromatic nitrogens is 1. The van der Waals surface area contributed by atoms with Crippen molar-refractivity contribution in [2.24, 2.45) is 0 Å². The van der Waals surface area contributed by atoms with Gasteiger partial charge in [-0.25, -0.2) is 0 Å². The largest absolute Gasteiger partial charge is 0.574 e. The number of nitrogens with zero attached hydrogens (tertiary/aromatic N) is 1. The predicted octanol–water partition coefficient (Wildman–Crippen LogP) is 2.01. The second kappa shape index (κ2) is 3.32. The summed E-state index contributed by atoms with van der Waals surface area (Å²) in [6.45, 7) is 1.25. The van der Waals surface area contributed by atoms with Crippen LogP contribution in [0.2, 0.25) is 0 Å². The Bertz CT molecular complexity index is 350. The van der Waals surface area contributed by atoms with E-state index >= 15 is 0 Å². The fourth-order valence-corrected chi connectivity index (χ4v) is 0.782. The average Bonchev–Trinajstić information content (AvgIpc) is 1.96. The summed E-state index contributed by atoms with van der Waals surface area (Å²) < 4.78 is 51.3. The van der Waals surface area contributed by atoms with Gasteiger partial charge in [0.05, 0.1) is 0 Å². The first kappa shape index (κ1) is 10.6. The molecule has 7 heteroatoms. The number of alkyl halides is 3. The van der Waals surface area contributed by atoms with E-state index in [1.165, 1.54) is 6.92 Å². The molecule has 0 spiro atoms. The van der Waals surface area contributed by atoms with Crippen molar-refractivity contribution in [3.63, 3.8) is 0 Å². The summed E-state index contributed by atoms with van der Waals surface area (Å²) in [5, 5.41) is 0. The number of hydrogen-bond acceptors (Lipinski definition) is 3. The van der Waals surface area contributed by atoms with Crippen LogP contribution in [0.15, 0.2) is 6.07 Å². The van der Waals surface area contributed by atoms with Crippen LogP contribution in [-0.4, -0.2) is 11.3 Å². The van der Waals surface area contributed by atoms with Crippen LogP contribution in [-0.2, 0) is 0 Å². The summed E-state index contributed by atoms with van der Waals surface area (Å²) in [7, 11) is 0. The minimum absolute atomic E-state index is 0.0521. The predicted molar refractivity (Wildman–Crippen MR) is 40.0 cm³/mol. The van der Waals surface area contributed by atoms with Crippen LogP contribution in [0.4, 0.5) is 23.2 Å². The number of ether oxygens (including phenoxy) is 1. The molecule has 0 bridgehead atoms. The van der Waals surface area contributed by atoms with Crippen molar-refractivity contribution >= 4 is 5.69 Å². The van der Waals surface area contributed by atoms with Crippen LogP contribution in [0.3, 0.4) is 0 Å². The van der Waals surface area contributed by atoms with Crippen molar-refractivity contribution in [1.29, 1.82) is 0 Å². The molecule has 0 radical (unpaired) electrons. The van der Waals surface area contributed by atoms with E-state index in [-0.39, 0.29) is 11.3 Å². The minimum atomic E-state index is -4.90. The molecule has 0 fully saturated rings. The van der Waals surface area contributed by atoms with Crippen molar-refractivity contribution < 1.29 is 22.3 Å². The van der Waals surface area contributed by atoms with E-state index in [0.717, 1.165) is 6.07 Å². The van der Waals surface area contributed by atoms with Gasteiger partial charge in [-0.3, -0.25) is 0 Å². The van der Waals surface area contributed by atoms with Crippen LogP contribution >= 0.6 is 0 Å². The molecule has 0 unspecified atom stereocenters. The highest BCUT2D eigenvalue weighted by Gasteiger charge is 2.33. The zero-order valence-corrected chi connectivity index (χ0v) is 7.02. The van der Waals surface area contributed by atoms with E-state index in [2.05, 4.69) is 9.72 Å². The fourth-order valence-electron chi connectivity index (χ4n) is 0.782. The molecule has 0 saturated heterocycles. The Morgan fingerprint density at radius 1 is 1.43 bits per heavy atom. The van der Waals surface area contributed by atoms with Crippen LogP contribution in [0, 0.1) is 12.9 Å². The molecule has 0 aliphatic heterocycles. The third-order valence-electron chi connectivity index (χ3n) is 1.45. The van der Waals surface area contributed by atoms with Crippen molar-refractivity contribution in [2.75, 3.05) is 5.73 Å². The minimum Gasteiger partial charge on any atom is -0.398 e. The van der Waals surface area contributed by atoms with Gasteiger partial charge in [-0.15, -0.1) is 13.2 Å². The highest BCUT2D eigenvalue weighted by molar-refractivity contribution is 5.49. The van der Waals surface area contributed by atoms with E-state index in [1.54, 1.807) is 0 Å². The van der Waals surface area contributed by atoms with E-state index < -0.39 is 18.2 Å². The average molecular weight is 210 g/mol. The quantitative estimate of drug-likeness (QED) is 0.569. The van der Waals surface area contributed by atoms with Crippen molar-refractivity contribution in [3.05, 3.63) is 17.6 Å². The fraction of sp³-hybridized carbons (Fsp3) is 0.286. The summed E-state index contributed by atoms with van der Waals surface area (Å²) in [5.74, 6) is -1.98. The standard InChI is InChI=1S/C7H6F4N2O/c1-3-4(12)2-5(8)13-6(3)14-7(9,10)11/h2H,1H3,(H2,12,13). The van der Waals surface area contributed by atoms with Crippen LogP contribution in [0.1, 0.15) is 5.56 Å². The molecular formula is C7H6F4N2O. The molecule has 1 aromatic heterocycles. The number of nitrogens with two attached hydrogens (primary N) is 1. The highest BCUT2D eigenvalue weighted by Crippen LogP contribution is 2.27. The van der Waals surface area contributed by atoms with Crippen LogP contribution in [0.25, 0.3) is 0 Å².